The fraction of sp³-hybridized carbons (Fsp3) is 0.385. The van der Waals surface area contributed by atoms with Crippen molar-refractivity contribution in [3.63, 3.8) is 0 Å². The number of carboxylic acid groups (broad SMARTS) is 1. The third kappa shape index (κ3) is 3.16. The van der Waals surface area contributed by atoms with Gasteiger partial charge in [0.25, 0.3) is 5.91 Å². The van der Waals surface area contributed by atoms with Gasteiger partial charge in [-0.1, -0.05) is 11.6 Å². The number of rotatable bonds is 2. The van der Waals surface area contributed by atoms with E-state index in [1.165, 1.54) is 0 Å². The Kier molecular flexibility index (Phi) is 4.32. The van der Waals surface area contributed by atoms with Gasteiger partial charge in [-0.05, 0) is 18.2 Å². The molecule has 1 amide bonds. The molecule has 0 bridgehead atoms. The molecule has 1 N–H and O–H groups in total. The Labute approximate surface area is 127 Å². The van der Waals surface area contributed by atoms with E-state index < -0.39 is 48.8 Å². The normalized spacial score (nSPS) is 22.0. The summed E-state index contributed by atoms with van der Waals surface area (Å²) < 4.78 is 51.5. The zero-order chi connectivity index (χ0) is 16.7. The third-order valence-corrected chi connectivity index (χ3v) is 3.82. The van der Waals surface area contributed by atoms with E-state index in [9.17, 15) is 27.2 Å². The zero-order valence-corrected chi connectivity index (χ0v) is 11.7. The van der Waals surface area contributed by atoms with Crippen molar-refractivity contribution in [3.05, 3.63) is 34.6 Å². The van der Waals surface area contributed by atoms with Crippen LogP contribution in [0.3, 0.4) is 0 Å². The van der Waals surface area contributed by atoms with Crippen molar-refractivity contribution in [2.24, 2.45) is 11.8 Å². The predicted octanol–water partition coefficient (Wildman–Crippen LogP) is 2.81. The summed E-state index contributed by atoms with van der Waals surface area (Å²) in [4.78, 5) is 23.9. The Morgan fingerprint density at radius 2 is 1.91 bits per heavy atom. The Morgan fingerprint density at radius 3 is 2.36 bits per heavy atom. The number of halogens is 5. The number of carbonyl (C=O) groups excluding carboxylic acids is 1. The van der Waals surface area contributed by atoms with E-state index in [1.807, 2.05) is 0 Å². The van der Waals surface area contributed by atoms with Gasteiger partial charge in [0.15, 0.2) is 0 Å². The predicted molar refractivity (Wildman–Crippen MR) is 68.0 cm³/mol. The first-order valence-electron chi connectivity index (χ1n) is 6.15. The molecule has 0 aliphatic carbocycles. The minimum absolute atomic E-state index is 0.171. The summed E-state index contributed by atoms with van der Waals surface area (Å²) in [5, 5.41) is 8.65. The van der Waals surface area contributed by atoms with Crippen LogP contribution in [-0.2, 0) is 4.79 Å². The van der Waals surface area contributed by atoms with Crippen LogP contribution in [0, 0.1) is 17.7 Å². The van der Waals surface area contributed by atoms with E-state index in [0.717, 1.165) is 23.1 Å². The largest absolute Gasteiger partial charge is 0.481 e. The molecule has 2 rings (SSSR count). The molecule has 2 atom stereocenters. The molecule has 1 fully saturated rings. The van der Waals surface area contributed by atoms with Crippen LogP contribution in [0.5, 0.6) is 0 Å². The lowest BCUT2D eigenvalue weighted by Gasteiger charge is -2.18. The maximum absolute atomic E-state index is 12.9. The minimum Gasteiger partial charge on any atom is -0.481 e. The molecule has 4 nitrogen and oxygen atoms in total. The van der Waals surface area contributed by atoms with Gasteiger partial charge in [0.2, 0.25) is 0 Å². The number of carbonyl (C=O) groups is 2. The topological polar surface area (TPSA) is 57.6 Å². The second-order valence-corrected chi connectivity index (χ2v) is 5.33. The Morgan fingerprint density at radius 1 is 1.27 bits per heavy atom. The van der Waals surface area contributed by atoms with Gasteiger partial charge in [-0.2, -0.15) is 13.2 Å². The molecule has 0 radical (unpaired) electrons. The van der Waals surface area contributed by atoms with Gasteiger partial charge in [-0.3, -0.25) is 9.59 Å². The van der Waals surface area contributed by atoms with E-state index in [0.29, 0.717) is 0 Å². The highest BCUT2D eigenvalue weighted by atomic mass is 35.5. The maximum Gasteiger partial charge on any atom is 0.394 e. The average Bonchev–Trinajstić information content (AvgIpc) is 2.83. The van der Waals surface area contributed by atoms with Gasteiger partial charge in [0.05, 0.1) is 22.4 Å². The van der Waals surface area contributed by atoms with Crippen LogP contribution in [0.1, 0.15) is 10.4 Å². The van der Waals surface area contributed by atoms with Crippen molar-refractivity contribution in [2.45, 2.75) is 6.18 Å². The Bertz CT molecular complexity index is 620. The quantitative estimate of drug-likeness (QED) is 0.843. The molecule has 1 heterocycles. The number of likely N-dealkylation sites (tertiary alicyclic amines) is 1. The lowest BCUT2D eigenvalue weighted by molar-refractivity contribution is -0.187. The molecule has 0 spiro atoms. The summed E-state index contributed by atoms with van der Waals surface area (Å²) in [5.41, 5.74) is -0.171. The first-order valence-corrected chi connectivity index (χ1v) is 6.53. The molecule has 0 aromatic heterocycles. The first-order chi connectivity index (χ1) is 10.1. The lowest BCUT2D eigenvalue weighted by Crippen LogP contribution is -2.34. The summed E-state index contributed by atoms with van der Waals surface area (Å²) >= 11 is 5.70. The molecule has 0 unspecified atom stereocenters. The van der Waals surface area contributed by atoms with Gasteiger partial charge < -0.3 is 10.0 Å². The van der Waals surface area contributed by atoms with E-state index in [1.54, 1.807) is 0 Å². The van der Waals surface area contributed by atoms with E-state index in [2.05, 4.69) is 0 Å². The number of amides is 1. The molecule has 22 heavy (non-hydrogen) atoms. The van der Waals surface area contributed by atoms with Gasteiger partial charge in [-0.15, -0.1) is 0 Å². The number of hydrogen-bond acceptors (Lipinski definition) is 2. The average molecular weight is 340 g/mol. The number of aliphatic carboxylic acids is 1. The highest BCUT2D eigenvalue weighted by Gasteiger charge is 2.53. The smallest absolute Gasteiger partial charge is 0.394 e. The fourth-order valence-corrected chi connectivity index (χ4v) is 2.63. The summed E-state index contributed by atoms with van der Waals surface area (Å²) in [6.07, 6.45) is -4.73. The van der Waals surface area contributed by atoms with Gasteiger partial charge in [0, 0.05) is 13.1 Å². The van der Waals surface area contributed by atoms with Crippen molar-refractivity contribution in [2.75, 3.05) is 13.1 Å². The molecular formula is C13H10ClF4NO3. The highest BCUT2D eigenvalue weighted by molar-refractivity contribution is 6.33. The first kappa shape index (κ1) is 16.5. The van der Waals surface area contributed by atoms with Crippen LogP contribution in [0.25, 0.3) is 0 Å². The van der Waals surface area contributed by atoms with Crippen LogP contribution in [0.4, 0.5) is 17.6 Å². The van der Waals surface area contributed by atoms with Gasteiger partial charge in [0.1, 0.15) is 5.82 Å². The van der Waals surface area contributed by atoms with E-state index >= 15 is 0 Å². The van der Waals surface area contributed by atoms with Crippen molar-refractivity contribution in [1.29, 1.82) is 0 Å². The number of benzene rings is 1. The van der Waals surface area contributed by atoms with Crippen LogP contribution in [0.15, 0.2) is 18.2 Å². The van der Waals surface area contributed by atoms with E-state index in [-0.39, 0.29) is 10.6 Å². The number of nitrogens with zero attached hydrogens (tertiary/aromatic N) is 1. The summed E-state index contributed by atoms with van der Waals surface area (Å²) in [7, 11) is 0. The summed E-state index contributed by atoms with van der Waals surface area (Å²) in [5.74, 6) is -7.05. The zero-order valence-electron chi connectivity index (χ0n) is 10.9. The Balaban J connectivity index is 2.27. The fourth-order valence-electron chi connectivity index (χ4n) is 2.38. The van der Waals surface area contributed by atoms with Crippen LogP contribution in [0.2, 0.25) is 5.02 Å². The summed E-state index contributed by atoms with van der Waals surface area (Å²) in [6.45, 7) is -1.35. The molecule has 1 aliphatic rings. The summed E-state index contributed by atoms with van der Waals surface area (Å²) in [6, 6.07) is 2.86. The van der Waals surface area contributed by atoms with Crippen LogP contribution < -0.4 is 0 Å². The SMILES string of the molecule is O=C(O)[C@@H]1CN(C(=O)c2ccc(F)cc2Cl)C[C@H]1C(F)(F)F. The molecular weight excluding hydrogens is 330 g/mol. The van der Waals surface area contributed by atoms with Crippen LogP contribution >= 0.6 is 11.6 Å². The van der Waals surface area contributed by atoms with Crippen molar-refractivity contribution in [3.8, 4) is 0 Å². The van der Waals surface area contributed by atoms with Crippen molar-refractivity contribution >= 4 is 23.5 Å². The van der Waals surface area contributed by atoms with Gasteiger partial charge >= 0.3 is 12.1 Å². The molecule has 0 saturated carbocycles. The monoisotopic (exact) mass is 339 g/mol. The number of hydrogen-bond donors (Lipinski definition) is 1. The molecule has 1 saturated heterocycles. The number of alkyl halides is 3. The second kappa shape index (κ2) is 5.75. The second-order valence-electron chi connectivity index (χ2n) is 4.93. The maximum atomic E-state index is 12.9. The van der Waals surface area contributed by atoms with Crippen molar-refractivity contribution in [1.82, 2.24) is 4.90 Å². The minimum atomic E-state index is -4.73. The molecule has 9 heteroatoms. The molecule has 1 aliphatic heterocycles. The number of carboxylic acids is 1. The Hall–Kier alpha value is -1.83. The molecule has 1 aromatic rings. The van der Waals surface area contributed by atoms with E-state index in [4.69, 9.17) is 16.7 Å². The van der Waals surface area contributed by atoms with Crippen LogP contribution in [-0.4, -0.2) is 41.1 Å². The van der Waals surface area contributed by atoms with Crippen molar-refractivity contribution < 1.29 is 32.3 Å². The molecule has 120 valence electrons. The highest BCUT2D eigenvalue weighted by Crippen LogP contribution is 2.38. The van der Waals surface area contributed by atoms with Gasteiger partial charge in [-0.25, -0.2) is 4.39 Å². The lowest BCUT2D eigenvalue weighted by atomic mass is 9.96. The standard InChI is InChI=1S/C13H10ClF4NO3/c14-10-3-6(15)1-2-7(10)11(20)19-4-8(12(21)22)9(5-19)13(16,17)18/h1-3,8-9H,4-5H2,(H,21,22)/t8-,9-/m1/s1. The molecule has 1 aromatic carbocycles. The third-order valence-electron chi connectivity index (χ3n) is 3.51.